The summed E-state index contributed by atoms with van der Waals surface area (Å²) in [6, 6.07) is 6.09. The van der Waals surface area contributed by atoms with Crippen LogP contribution in [-0.2, 0) is 4.79 Å². The van der Waals surface area contributed by atoms with E-state index in [0.717, 1.165) is 34.3 Å². The number of halogens is 1. The van der Waals surface area contributed by atoms with Crippen molar-refractivity contribution in [1.29, 1.82) is 0 Å². The van der Waals surface area contributed by atoms with Crippen LogP contribution in [0.2, 0.25) is 0 Å². The van der Waals surface area contributed by atoms with Gasteiger partial charge in [-0.15, -0.1) is 0 Å². The standard InChI is InChI=1S/C13H17IN2O/c1-9-3-4-10(14)7-11(9)16-12(17)13(2)5-6-15-8-13/h3-4,7,15H,5-6,8H2,1-2H3,(H,16,17). The Bertz CT molecular complexity index is 439. The molecule has 0 aromatic heterocycles. The van der Waals surface area contributed by atoms with Crippen molar-refractivity contribution in [3.05, 3.63) is 27.3 Å². The molecule has 1 fully saturated rings. The summed E-state index contributed by atoms with van der Waals surface area (Å²) in [6.45, 7) is 5.73. The van der Waals surface area contributed by atoms with Gasteiger partial charge in [0.2, 0.25) is 5.91 Å². The van der Waals surface area contributed by atoms with Gasteiger partial charge in [0.25, 0.3) is 0 Å². The number of carbonyl (C=O) groups excluding carboxylic acids is 1. The number of hydrogen-bond donors (Lipinski definition) is 2. The Balaban J connectivity index is 2.15. The van der Waals surface area contributed by atoms with Crippen LogP contribution in [0.1, 0.15) is 18.9 Å². The van der Waals surface area contributed by atoms with E-state index in [-0.39, 0.29) is 11.3 Å². The van der Waals surface area contributed by atoms with Gasteiger partial charge >= 0.3 is 0 Å². The van der Waals surface area contributed by atoms with Gasteiger partial charge in [0, 0.05) is 15.8 Å². The zero-order valence-electron chi connectivity index (χ0n) is 10.1. The molecule has 0 radical (unpaired) electrons. The molecule has 4 heteroatoms. The molecule has 0 saturated carbocycles. The van der Waals surface area contributed by atoms with E-state index in [9.17, 15) is 4.79 Å². The van der Waals surface area contributed by atoms with Crippen molar-refractivity contribution < 1.29 is 4.79 Å². The average molecular weight is 344 g/mol. The molecule has 17 heavy (non-hydrogen) atoms. The number of anilines is 1. The fourth-order valence-corrected chi connectivity index (χ4v) is 2.50. The lowest BCUT2D eigenvalue weighted by Crippen LogP contribution is -2.35. The first-order chi connectivity index (χ1) is 8.01. The molecule has 1 aliphatic rings. The average Bonchev–Trinajstić information content (AvgIpc) is 2.72. The Labute approximate surface area is 116 Å². The minimum Gasteiger partial charge on any atom is -0.325 e. The van der Waals surface area contributed by atoms with Crippen molar-refractivity contribution in [2.45, 2.75) is 20.3 Å². The quantitative estimate of drug-likeness (QED) is 0.810. The maximum Gasteiger partial charge on any atom is 0.231 e. The summed E-state index contributed by atoms with van der Waals surface area (Å²) in [5.41, 5.74) is 1.76. The van der Waals surface area contributed by atoms with Crippen LogP contribution in [0.3, 0.4) is 0 Å². The van der Waals surface area contributed by atoms with E-state index in [1.165, 1.54) is 0 Å². The van der Waals surface area contributed by atoms with Crippen molar-refractivity contribution in [2.24, 2.45) is 5.41 Å². The molecule has 1 aromatic carbocycles. The van der Waals surface area contributed by atoms with Gasteiger partial charge in [-0.1, -0.05) is 6.07 Å². The molecule has 0 bridgehead atoms. The highest BCUT2D eigenvalue weighted by atomic mass is 127. The summed E-state index contributed by atoms with van der Waals surface area (Å²) in [4.78, 5) is 12.2. The zero-order valence-corrected chi connectivity index (χ0v) is 12.3. The summed E-state index contributed by atoms with van der Waals surface area (Å²) in [5.74, 6) is 0.118. The van der Waals surface area contributed by atoms with E-state index < -0.39 is 0 Å². The lowest BCUT2D eigenvalue weighted by molar-refractivity contribution is -0.123. The Hall–Kier alpha value is -0.620. The van der Waals surface area contributed by atoms with Crippen molar-refractivity contribution >= 4 is 34.2 Å². The van der Waals surface area contributed by atoms with E-state index in [2.05, 4.69) is 33.2 Å². The van der Waals surface area contributed by atoms with E-state index in [1.54, 1.807) is 0 Å². The first-order valence-electron chi connectivity index (χ1n) is 5.80. The van der Waals surface area contributed by atoms with Crippen molar-refractivity contribution in [3.8, 4) is 0 Å². The molecule has 92 valence electrons. The third-order valence-electron chi connectivity index (χ3n) is 3.36. The first-order valence-corrected chi connectivity index (χ1v) is 6.87. The predicted molar refractivity (Wildman–Crippen MR) is 78.1 cm³/mol. The highest BCUT2D eigenvalue weighted by molar-refractivity contribution is 14.1. The van der Waals surface area contributed by atoms with Gasteiger partial charge in [-0.25, -0.2) is 0 Å². The minimum absolute atomic E-state index is 0.118. The van der Waals surface area contributed by atoms with Crippen LogP contribution in [-0.4, -0.2) is 19.0 Å². The van der Waals surface area contributed by atoms with Crippen molar-refractivity contribution in [1.82, 2.24) is 5.32 Å². The molecule has 1 aliphatic heterocycles. The fourth-order valence-electron chi connectivity index (χ4n) is 2.01. The molecule has 1 amide bonds. The van der Waals surface area contributed by atoms with Gasteiger partial charge in [0.1, 0.15) is 0 Å². The number of carbonyl (C=O) groups is 1. The Morgan fingerprint density at radius 1 is 1.53 bits per heavy atom. The third-order valence-corrected chi connectivity index (χ3v) is 4.04. The smallest absolute Gasteiger partial charge is 0.231 e. The molecule has 1 unspecified atom stereocenters. The Morgan fingerprint density at radius 3 is 2.94 bits per heavy atom. The summed E-state index contributed by atoms with van der Waals surface area (Å²) in [6.07, 6.45) is 0.905. The second-order valence-electron chi connectivity index (χ2n) is 4.90. The highest BCUT2D eigenvalue weighted by Gasteiger charge is 2.36. The largest absolute Gasteiger partial charge is 0.325 e. The van der Waals surface area contributed by atoms with Gasteiger partial charge in [-0.05, 0) is 67.1 Å². The Kier molecular flexibility index (Phi) is 3.73. The van der Waals surface area contributed by atoms with Crippen LogP contribution in [0.4, 0.5) is 5.69 Å². The second kappa shape index (κ2) is 4.94. The number of rotatable bonds is 2. The van der Waals surface area contributed by atoms with E-state index >= 15 is 0 Å². The van der Waals surface area contributed by atoms with Gasteiger partial charge < -0.3 is 10.6 Å². The molecule has 1 atom stereocenters. The first kappa shape index (κ1) is 12.8. The number of aryl methyl sites for hydroxylation is 1. The number of benzene rings is 1. The van der Waals surface area contributed by atoms with Gasteiger partial charge in [-0.3, -0.25) is 4.79 Å². The highest BCUT2D eigenvalue weighted by Crippen LogP contribution is 2.27. The molecule has 2 rings (SSSR count). The van der Waals surface area contributed by atoms with Crippen LogP contribution in [0.15, 0.2) is 18.2 Å². The van der Waals surface area contributed by atoms with Crippen LogP contribution in [0.25, 0.3) is 0 Å². The molecule has 3 nitrogen and oxygen atoms in total. The molecule has 2 N–H and O–H groups in total. The molecular formula is C13H17IN2O. The normalized spacial score (nSPS) is 23.7. The van der Waals surface area contributed by atoms with Crippen molar-refractivity contribution in [3.63, 3.8) is 0 Å². The molecular weight excluding hydrogens is 327 g/mol. The summed E-state index contributed by atoms with van der Waals surface area (Å²) >= 11 is 2.26. The second-order valence-corrected chi connectivity index (χ2v) is 6.15. The van der Waals surface area contributed by atoms with Gasteiger partial charge in [-0.2, -0.15) is 0 Å². The summed E-state index contributed by atoms with van der Waals surface area (Å²) in [5, 5.41) is 6.29. The molecule has 1 aromatic rings. The van der Waals surface area contributed by atoms with E-state index in [1.807, 2.05) is 32.0 Å². The fraction of sp³-hybridized carbons (Fsp3) is 0.462. The molecule has 1 saturated heterocycles. The van der Waals surface area contributed by atoms with Crippen LogP contribution >= 0.6 is 22.6 Å². The molecule has 1 heterocycles. The van der Waals surface area contributed by atoms with Crippen LogP contribution in [0.5, 0.6) is 0 Å². The van der Waals surface area contributed by atoms with Gasteiger partial charge in [0.15, 0.2) is 0 Å². The van der Waals surface area contributed by atoms with E-state index in [4.69, 9.17) is 0 Å². The monoisotopic (exact) mass is 344 g/mol. The lowest BCUT2D eigenvalue weighted by atomic mass is 9.88. The Morgan fingerprint density at radius 2 is 2.29 bits per heavy atom. The van der Waals surface area contributed by atoms with Crippen LogP contribution < -0.4 is 10.6 Å². The SMILES string of the molecule is Cc1ccc(I)cc1NC(=O)C1(C)CCNC1. The minimum atomic E-state index is -0.270. The maximum atomic E-state index is 12.2. The number of amides is 1. The topological polar surface area (TPSA) is 41.1 Å². The zero-order chi connectivity index (χ0) is 12.5. The van der Waals surface area contributed by atoms with Gasteiger partial charge in [0.05, 0.1) is 5.41 Å². The maximum absolute atomic E-state index is 12.2. The third kappa shape index (κ3) is 2.80. The predicted octanol–water partition coefficient (Wildman–Crippen LogP) is 2.54. The van der Waals surface area contributed by atoms with E-state index in [0.29, 0.717) is 0 Å². The van der Waals surface area contributed by atoms with Crippen LogP contribution in [0, 0.1) is 15.9 Å². The summed E-state index contributed by atoms with van der Waals surface area (Å²) in [7, 11) is 0. The molecule has 0 aliphatic carbocycles. The summed E-state index contributed by atoms with van der Waals surface area (Å²) < 4.78 is 1.14. The molecule has 0 spiro atoms. The number of hydrogen-bond acceptors (Lipinski definition) is 2. The van der Waals surface area contributed by atoms with Crippen molar-refractivity contribution in [2.75, 3.05) is 18.4 Å². The number of nitrogens with one attached hydrogen (secondary N) is 2. The lowest BCUT2D eigenvalue weighted by Gasteiger charge is -2.22.